The summed E-state index contributed by atoms with van der Waals surface area (Å²) in [5.41, 5.74) is 2.38. The average molecular weight is 617 g/mol. The highest BCUT2D eigenvalue weighted by molar-refractivity contribution is 6.30. The molecule has 2 heterocycles. The summed E-state index contributed by atoms with van der Waals surface area (Å²) in [5.74, 6) is -1.20. The molecule has 1 fully saturated rings. The number of rotatable bonds is 3. The Bertz CT molecular complexity index is 1430. The molecule has 230 valence electrons. The molecule has 2 aliphatic heterocycles. The second kappa shape index (κ2) is 14.9. The van der Waals surface area contributed by atoms with Gasteiger partial charge >= 0.3 is 0 Å². The van der Waals surface area contributed by atoms with Gasteiger partial charge < -0.3 is 25.6 Å². The maximum atomic E-state index is 14.5. The summed E-state index contributed by atoms with van der Waals surface area (Å²) in [6.07, 6.45) is 2.44. The first-order chi connectivity index (χ1) is 21.4. The maximum Gasteiger partial charge on any atom is 0.257 e. The van der Waals surface area contributed by atoms with Crippen LogP contribution >= 0.6 is 11.6 Å². The molecule has 0 saturated carbocycles. The molecule has 0 radical (unpaired) electrons. The Balaban J connectivity index is 1.48. The Morgan fingerprint density at radius 2 is 1.52 bits per heavy atom. The standard InChI is InChI=1S/C34H37ClN4O5/c35-26-16-17-28-25(20-26)21-37-33(42)27-14-9-19-39(27)34(43)32(38-29(40)15-7-8-18-36-30(41)22-44-28)31(23-10-3-1-4-11-23)24-12-5-2-6-13-24/h1-6,10-13,16-17,20,27,31-32H,7-9,14-15,18-19,21-22H2,(H,36,41)(H,37,42)(H,38,40)/t27-,32?/m0/s1. The molecule has 10 heteroatoms. The summed E-state index contributed by atoms with van der Waals surface area (Å²) in [4.78, 5) is 55.4. The first-order valence-corrected chi connectivity index (χ1v) is 15.4. The van der Waals surface area contributed by atoms with Gasteiger partial charge in [0.1, 0.15) is 17.8 Å². The van der Waals surface area contributed by atoms with Crippen molar-refractivity contribution >= 4 is 35.2 Å². The number of carbonyl (C=O) groups excluding carboxylic acids is 4. The Morgan fingerprint density at radius 1 is 0.818 bits per heavy atom. The quantitative estimate of drug-likeness (QED) is 0.412. The minimum atomic E-state index is -0.935. The number of ether oxygens (including phenoxy) is 1. The number of fused-ring (bicyclic) bond motifs is 2. The number of benzene rings is 3. The van der Waals surface area contributed by atoms with Crippen LogP contribution in [0.5, 0.6) is 5.75 Å². The van der Waals surface area contributed by atoms with E-state index in [0.29, 0.717) is 55.1 Å². The third-order valence-electron chi connectivity index (χ3n) is 8.06. The van der Waals surface area contributed by atoms with Gasteiger partial charge in [-0.15, -0.1) is 0 Å². The van der Waals surface area contributed by atoms with Crippen LogP contribution in [0, 0.1) is 0 Å². The van der Waals surface area contributed by atoms with Crippen molar-refractivity contribution in [3.63, 3.8) is 0 Å². The zero-order valence-electron chi connectivity index (χ0n) is 24.5. The predicted molar refractivity (Wildman–Crippen MR) is 167 cm³/mol. The van der Waals surface area contributed by atoms with Crippen LogP contribution in [0.1, 0.15) is 54.7 Å². The number of carbonyl (C=O) groups is 4. The highest BCUT2D eigenvalue weighted by Gasteiger charge is 2.41. The van der Waals surface area contributed by atoms with Gasteiger partial charge in [-0.1, -0.05) is 72.3 Å². The summed E-state index contributed by atoms with van der Waals surface area (Å²) in [6.45, 7) is 0.689. The number of nitrogens with one attached hydrogen (secondary N) is 3. The minimum Gasteiger partial charge on any atom is -0.483 e. The Labute approximate surface area is 262 Å². The molecule has 4 amide bonds. The lowest BCUT2D eigenvalue weighted by atomic mass is 9.84. The third-order valence-corrected chi connectivity index (χ3v) is 8.29. The van der Waals surface area contributed by atoms with Crippen LogP contribution in [0.2, 0.25) is 5.02 Å². The zero-order chi connectivity index (χ0) is 30.9. The second-order valence-electron chi connectivity index (χ2n) is 11.1. The van der Waals surface area contributed by atoms with Crippen LogP contribution in [0.25, 0.3) is 0 Å². The molecule has 1 unspecified atom stereocenters. The Kier molecular flexibility index (Phi) is 10.5. The van der Waals surface area contributed by atoms with Crippen LogP contribution in [0.4, 0.5) is 0 Å². The summed E-state index contributed by atoms with van der Waals surface area (Å²) < 4.78 is 5.75. The lowest BCUT2D eigenvalue weighted by molar-refractivity contribution is -0.141. The van der Waals surface area contributed by atoms with E-state index in [1.54, 1.807) is 23.1 Å². The van der Waals surface area contributed by atoms with E-state index in [0.717, 1.165) is 11.1 Å². The van der Waals surface area contributed by atoms with Crippen LogP contribution in [-0.4, -0.2) is 60.3 Å². The van der Waals surface area contributed by atoms with E-state index in [2.05, 4.69) is 16.0 Å². The highest BCUT2D eigenvalue weighted by Crippen LogP contribution is 2.31. The first kappa shape index (κ1) is 31.1. The van der Waals surface area contributed by atoms with Gasteiger partial charge in [0.25, 0.3) is 5.91 Å². The molecule has 3 N–H and O–H groups in total. The topological polar surface area (TPSA) is 117 Å². The Hall–Kier alpha value is -4.37. The van der Waals surface area contributed by atoms with Gasteiger partial charge in [-0.2, -0.15) is 0 Å². The largest absolute Gasteiger partial charge is 0.483 e. The molecule has 0 aromatic heterocycles. The molecular formula is C34H37ClN4O5. The molecule has 2 aliphatic rings. The number of halogens is 1. The highest BCUT2D eigenvalue weighted by atomic mass is 35.5. The average Bonchev–Trinajstić information content (AvgIpc) is 3.53. The van der Waals surface area contributed by atoms with Gasteiger partial charge in [-0.05, 0) is 55.0 Å². The van der Waals surface area contributed by atoms with Gasteiger partial charge in [0.05, 0.1) is 0 Å². The van der Waals surface area contributed by atoms with Gasteiger partial charge in [0.2, 0.25) is 17.7 Å². The fraction of sp³-hybridized carbons (Fsp3) is 0.353. The lowest BCUT2D eigenvalue weighted by Gasteiger charge is -2.33. The van der Waals surface area contributed by atoms with Crippen molar-refractivity contribution in [1.82, 2.24) is 20.9 Å². The van der Waals surface area contributed by atoms with Crippen molar-refractivity contribution in [3.05, 3.63) is 101 Å². The smallest absolute Gasteiger partial charge is 0.257 e. The summed E-state index contributed by atoms with van der Waals surface area (Å²) in [7, 11) is 0. The normalized spacial score (nSPS) is 20.6. The van der Waals surface area contributed by atoms with Crippen LogP contribution in [0.15, 0.2) is 78.9 Å². The first-order valence-electron chi connectivity index (χ1n) is 15.1. The number of amides is 4. The number of hydrogen-bond donors (Lipinski definition) is 3. The predicted octanol–water partition coefficient (Wildman–Crippen LogP) is 3.94. The van der Waals surface area contributed by atoms with E-state index in [4.69, 9.17) is 16.3 Å². The van der Waals surface area contributed by atoms with Crippen LogP contribution in [-0.2, 0) is 25.7 Å². The number of hydrogen-bond acceptors (Lipinski definition) is 5. The fourth-order valence-corrected chi connectivity index (χ4v) is 6.07. The molecular weight excluding hydrogens is 580 g/mol. The monoisotopic (exact) mass is 616 g/mol. The van der Waals surface area contributed by atoms with Crippen molar-refractivity contribution in [2.75, 3.05) is 19.7 Å². The van der Waals surface area contributed by atoms with E-state index in [1.165, 1.54) is 0 Å². The molecule has 44 heavy (non-hydrogen) atoms. The van der Waals surface area contributed by atoms with Crippen molar-refractivity contribution in [1.29, 1.82) is 0 Å². The summed E-state index contributed by atoms with van der Waals surface area (Å²) in [6, 6.07) is 22.6. The molecule has 9 nitrogen and oxygen atoms in total. The molecule has 0 spiro atoms. The maximum absolute atomic E-state index is 14.5. The van der Waals surface area contributed by atoms with E-state index < -0.39 is 18.0 Å². The lowest BCUT2D eigenvalue weighted by Crippen LogP contribution is -2.55. The van der Waals surface area contributed by atoms with E-state index in [9.17, 15) is 19.2 Å². The minimum absolute atomic E-state index is 0.103. The molecule has 3 aromatic carbocycles. The van der Waals surface area contributed by atoms with Crippen molar-refractivity contribution in [3.8, 4) is 5.75 Å². The van der Waals surface area contributed by atoms with Gasteiger partial charge in [0.15, 0.2) is 6.61 Å². The van der Waals surface area contributed by atoms with Crippen molar-refractivity contribution < 1.29 is 23.9 Å². The van der Waals surface area contributed by atoms with Crippen LogP contribution < -0.4 is 20.7 Å². The van der Waals surface area contributed by atoms with Crippen molar-refractivity contribution in [2.24, 2.45) is 0 Å². The number of nitrogens with zero attached hydrogens (tertiary/aromatic N) is 1. The van der Waals surface area contributed by atoms with Gasteiger partial charge in [0, 0.05) is 42.6 Å². The molecule has 5 rings (SSSR count). The molecule has 3 aromatic rings. The molecule has 0 aliphatic carbocycles. The molecule has 1 saturated heterocycles. The van der Waals surface area contributed by atoms with E-state index in [1.807, 2.05) is 60.7 Å². The third kappa shape index (κ3) is 7.77. The fourth-order valence-electron chi connectivity index (χ4n) is 5.87. The second-order valence-corrected chi connectivity index (χ2v) is 11.5. The van der Waals surface area contributed by atoms with Crippen LogP contribution in [0.3, 0.4) is 0 Å². The summed E-state index contributed by atoms with van der Waals surface area (Å²) >= 11 is 6.24. The SMILES string of the molecule is O=C1COc2ccc(Cl)cc2CNC(=O)[C@@H]2CCCN2C(=O)C(C(c2ccccc2)c2ccccc2)NC(=O)CCCCN1. The summed E-state index contributed by atoms with van der Waals surface area (Å²) in [5, 5.41) is 9.27. The molecule has 0 bridgehead atoms. The zero-order valence-corrected chi connectivity index (χ0v) is 25.2. The Morgan fingerprint density at radius 3 is 2.23 bits per heavy atom. The van der Waals surface area contributed by atoms with E-state index >= 15 is 0 Å². The van der Waals surface area contributed by atoms with Gasteiger partial charge in [-0.3, -0.25) is 19.2 Å². The van der Waals surface area contributed by atoms with E-state index in [-0.39, 0.29) is 43.2 Å². The van der Waals surface area contributed by atoms with Gasteiger partial charge in [-0.25, -0.2) is 0 Å². The molecule has 2 atom stereocenters. The van der Waals surface area contributed by atoms with Crippen molar-refractivity contribution in [2.45, 2.75) is 56.7 Å².